The van der Waals surface area contributed by atoms with Crippen LogP contribution in [-0.4, -0.2) is 27.7 Å². The van der Waals surface area contributed by atoms with E-state index in [4.69, 9.17) is 22.6 Å². The van der Waals surface area contributed by atoms with Crippen LogP contribution < -0.4 is 5.84 Å². The van der Waals surface area contributed by atoms with Crippen molar-refractivity contribution in [2.24, 2.45) is 10.9 Å². The number of rotatable bonds is 5. The normalized spacial score (nSPS) is 11.5. The molecule has 0 saturated carbocycles. The van der Waals surface area contributed by atoms with Crippen LogP contribution in [-0.2, 0) is 11.2 Å². The van der Waals surface area contributed by atoms with E-state index in [2.05, 4.69) is 5.10 Å². The Hall–Kier alpha value is -3.38. The van der Waals surface area contributed by atoms with Gasteiger partial charge >= 0.3 is 5.97 Å². The zero-order chi connectivity index (χ0) is 19.6. The number of phenolic OH excluding ortho intramolecular Hbond substituents is 1. The van der Waals surface area contributed by atoms with E-state index in [0.29, 0.717) is 21.9 Å². The van der Waals surface area contributed by atoms with E-state index < -0.39 is 11.8 Å². The van der Waals surface area contributed by atoms with Gasteiger partial charge < -0.3 is 16.1 Å². The third-order valence-corrected chi connectivity index (χ3v) is 4.47. The Labute approximate surface area is 159 Å². The molecule has 0 spiro atoms. The molecular formula is C20H15ClN2O4. The van der Waals surface area contributed by atoms with Gasteiger partial charge in [0.15, 0.2) is 0 Å². The van der Waals surface area contributed by atoms with Crippen LogP contribution in [0.25, 0.3) is 10.8 Å². The Bertz CT molecular complexity index is 1090. The largest absolute Gasteiger partial charge is 0.506 e. The van der Waals surface area contributed by atoms with E-state index in [-0.39, 0.29) is 28.5 Å². The van der Waals surface area contributed by atoms with Gasteiger partial charge in [-0.1, -0.05) is 48.0 Å². The van der Waals surface area contributed by atoms with Crippen LogP contribution >= 0.6 is 11.6 Å². The number of benzene rings is 3. The molecule has 6 nitrogen and oxygen atoms in total. The molecule has 0 bridgehead atoms. The molecular weight excluding hydrogens is 368 g/mol. The smallest absolute Gasteiger partial charge is 0.307 e. The molecule has 3 aromatic carbocycles. The molecule has 4 N–H and O–H groups in total. The van der Waals surface area contributed by atoms with Crippen molar-refractivity contribution in [3.63, 3.8) is 0 Å². The number of halogens is 1. The second-order valence-corrected chi connectivity index (χ2v) is 6.27. The molecule has 0 aliphatic rings. The Morgan fingerprint density at radius 2 is 1.74 bits per heavy atom. The van der Waals surface area contributed by atoms with Crippen molar-refractivity contribution in [1.82, 2.24) is 0 Å². The summed E-state index contributed by atoms with van der Waals surface area (Å²) in [4.78, 5) is 24.0. The first-order valence-electron chi connectivity index (χ1n) is 7.96. The second-order valence-electron chi connectivity index (χ2n) is 5.86. The lowest BCUT2D eigenvalue weighted by Gasteiger charge is -2.12. The van der Waals surface area contributed by atoms with Crippen molar-refractivity contribution in [2.45, 2.75) is 6.42 Å². The summed E-state index contributed by atoms with van der Waals surface area (Å²) in [5.74, 6) is 3.96. The Kier molecular flexibility index (Phi) is 5.09. The van der Waals surface area contributed by atoms with E-state index in [1.165, 1.54) is 18.2 Å². The highest BCUT2D eigenvalue weighted by Gasteiger charge is 2.20. The number of aromatic hydroxyl groups is 1. The van der Waals surface area contributed by atoms with Crippen molar-refractivity contribution in [3.05, 3.63) is 76.3 Å². The minimum atomic E-state index is -0.949. The van der Waals surface area contributed by atoms with Crippen LogP contribution in [0.4, 0.5) is 0 Å². The first kappa shape index (κ1) is 18.4. The molecule has 0 saturated heterocycles. The molecule has 7 heteroatoms. The van der Waals surface area contributed by atoms with Crippen LogP contribution in [0.2, 0.25) is 5.02 Å². The maximum Gasteiger partial charge on any atom is 0.307 e. The van der Waals surface area contributed by atoms with Crippen LogP contribution in [0, 0.1) is 0 Å². The molecule has 0 aromatic heterocycles. The molecule has 0 aliphatic carbocycles. The van der Waals surface area contributed by atoms with Gasteiger partial charge in [0.25, 0.3) is 0 Å². The number of Topliss-reactive ketones (excluding diaryl/α,β-unsaturated/α-hetero) is 1. The summed E-state index contributed by atoms with van der Waals surface area (Å²) in [7, 11) is 0. The van der Waals surface area contributed by atoms with Gasteiger partial charge in [-0.3, -0.25) is 9.59 Å². The van der Waals surface area contributed by atoms with Gasteiger partial charge in [-0.25, -0.2) is 0 Å². The van der Waals surface area contributed by atoms with Gasteiger partial charge in [-0.15, -0.1) is 0 Å². The lowest BCUT2D eigenvalue weighted by Crippen LogP contribution is -2.18. The molecule has 136 valence electrons. The van der Waals surface area contributed by atoms with Gasteiger partial charge in [0.2, 0.25) is 5.78 Å². The maximum atomic E-state index is 12.9. The zero-order valence-corrected chi connectivity index (χ0v) is 14.8. The van der Waals surface area contributed by atoms with Crippen LogP contribution in [0.1, 0.15) is 21.5 Å². The number of carbonyl (C=O) groups is 2. The number of phenols is 1. The summed E-state index contributed by atoms with van der Waals surface area (Å²) in [5.41, 5.74) is 1.34. The molecule has 0 heterocycles. The average molecular weight is 383 g/mol. The molecule has 3 aromatic rings. The fourth-order valence-electron chi connectivity index (χ4n) is 2.92. The van der Waals surface area contributed by atoms with Crippen molar-refractivity contribution >= 4 is 39.8 Å². The number of aliphatic carboxylic acids is 1. The molecule has 27 heavy (non-hydrogen) atoms. The van der Waals surface area contributed by atoms with Gasteiger partial charge in [0.1, 0.15) is 11.5 Å². The topological polar surface area (TPSA) is 113 Å². The standard InChI is InChI=1S/C20H15ClN2O4/c21-16-9-12(6-8-17(16)24)20(27)19(23-22)15-7-5-11(10-18(25)26)13-3-1-2-4-14(13)15/h1-9,24H,10,22H2,(H,25,26). The quantitative estimate of drug-likeness (QED) is 0.271. The van der Waals surface area contributed by atoms with E-state index >= 15 is 0 Å². The lowest BCUT2D eigenvalue weighted by atomic mass is 9.92. The Morgan fingerprint density at radius 3 is 2.37 bits per heavy atom. The first-order valence-corrected chi connectivity index (χ1v) is 8.34. The van der Waals surface area contributed by atoms with Gasteiger partial charge in [-0.2, -0.15) is 5.10 Å². The molecule has 0 unspecified atom stereocenters. The highest BCUT2D eigenvalue weighted by molar-refractivity contribution is 6.53. The maximum absolute atomic E-state index is 12.9. The third kappa shape index (κ3) is 3.61. The van der Waals surface area contributed by atoms with Gasteiger partial charge in [-0.05, 0) is 34.5 Å². The molecule has 0 aliphatic heterocycles. The predicted octanol–water partition coefficient (Wildman–Crippen LogP) is 3.37. The third-order valence-electron chi connectivity index (χ3n) is 4.17. The number of carboxylic acid groups (broad SMARTS) is 1. The molecule has 0 fully saturated rings. The van der Waals surface area contributed by atoms with Crippen molar-refractivity contribution in [1.29, 1.82) is 0 Å². The fraction of sp³-hybridized carbons (Fsp3) is 0.0500. The molecule has 3 rings (SSSR count). The van der Waals surface area contributed by atoms with E-state index in [9.17, 15) is 14.7 Å². The van der Waals surface area contributed by atoms with Crippen molar-refractivity contribution < 1.29 is 19.8 Å². The fourth-order valence-corrected chi connectivity index (χ4v) is 3.10. The molecule has 0 amide bonds. The van der Waals surface area contributed by atoms with Crippen molar-refractivity contribution in [2.75, 3.05) is 0 Å². The highest BCUT2D eigenvalue weighted by atomic mass is 35.5. The summed E-state index contributed by atoms with van der Waals surface area (Å²) in [6.45, 7) is 0. The predicted molar refractivity (Wildman–Crippen MR) is 103 cm³/mol. The summed E-state index contributed by atoms with van der Waals surface area (Å²) >= 11 is 5.89. The number of hydrazone groups is 1. The Morgan fingerprint density at radius 1 is 1.04 bits per heavy atom. The minimum absolute atomic E-state index is 0.00910. The number of fused-ring (bicyclic) bond motifs is 1. The van der Waals surface area contributed by atoms with E-state index in [1.54, 1.807) is 36.4 Å². The lowest BCUT2D eigenvalue weighted by molar-refractivity contribution is -0.136. The molecule has 0 radical (unpaired) electrons. The highest BCUT2D eigenvalue weighted by Crippen LogP contribution is 2.27. The first-order chi connectivity index (χ1) is 12.9. The average Bonchev–Trinajstić information content (AvgIpc) is 2.65. The Balaban J connectivity index is 2.13. The minimum Gasteiger partial charge on any atom is -0.506 e. The van der Waals surface area contributed by atoms with Crippen molar-refractivity contribution in [3.8, 4) is 5.75 Å². The summed E-state index contributed by atoms with van der Waals surface area (Å²) in [6.07, 6.45) is -0.141. The number of carbonyl (C=O) groups excluding carboxylic acids is 1. The number of ketones is 1. The van der Waals surface area contributed by atoms with Crippen LogP contribution in [0.5, 0.6) is 5.75 Å². The number of hydrogen-bond donors (Lipinski definition) is 3. The number of nitrogens with two attached hydrogens (primary N) is 1. The number of hydrogen-bond acceptors (Lipinski definition) is 5. The summed E-state index contributed by atoms with van der Waals surface area (Å²) < 4.78 is 0. The number of carboxylic acids is 1. The zero-order valence-electron chi connectivity index (χ0n) is 14.0. The van der Waals surface area contributed by atoms with E-state index in [0.717, 1.165) is 0 Å². The molecule has 0 atom stereocenters. The monoisotopic (exact) mass is 382 g/mol. The number of nitrogens with zero attached hydrogens (tertiary/aromatic N) is 1. The SMILES string of the molecule is NN=C(C(=O)c1ccc(O)c(Cl)c1)c1ccc(CC(=O)O)c2ccccc12. The van der Waals surface area contributed by atoms with Crippen LogP contribution in [0.3, 0.4) is 0 Å². The van der Waals surface area contributed by atoms with Gasteiger partial charge in [0, 0.05) is 11.1 Å². The van der Waals surface area contributed by atoms with Crippen LogP contribution in [0.15, 0.2) is 59.7 Å². The second kappa shape index (κ2) is 7.47. The summed E-state index contributed by atoms with van der Waals surface area (Å²) in [6, 6.07) is 14.5. The van der Waals surface area contributed by atoms with E-state index in [1.807, 2.05) is 0 Å². The summed E-state index contributed by atoms with van der Waals surface area (Å²) in [5, 5.41) is 23.7. The van der Waals surface area contributed by atoms with Gasteiger partial charge in [0.05, 0.1) is 11.4 Å².